The summed E-state index contributed by atoms with van der Waals surface area (Å²) in [5.74, 6) is 1.83. The van der Waals surface area contributed by atoms with Crippen molar-refractivity contribution in [3.05, 3.63) is 51.6 Å². The number of halogens is 1. The van der Waals surface area contributed by atoms with Crippen molar-refractivity contribution in [2.24, 2.45) is 0 Å². The molecule has 0 aliphatic rings. The molecule has 94 valence electrons. The van der Waals surface area contributed by atoms with E-state index in [0.29, 0.717) is 0 Å². The molecule has 0 saturated heterocycles. The number of aromatic hydroxyl groups is 1. The van der Waals surface area contributed by atoms with Gasteiger partial charge in [0.05, 0.1) is 3.57 Å². The van der Waals surface area contributed by atoms with Crippen LogP contribution in [0.15, 0.2) is 42.5 Å². The van der Waals surface area contributed by atoms with Crippen LogP contribution in [0.25, 0.3) is 0 Å². The van der Waals surface area contributed by atoms with E-state index < -0.39 is 0 Å². The Hall–Kier alpha value is -1.23. The summed E-state index contributed by atoms with van der Waals surface area (Å²) < 4.78 is 6.52. The quantitative estimate of drug-likeness (QED) is 0.804. The van der Waals surface area contributed by atoms with Gasteiger partial charge in [0.25, 0.3) is 0 Å². The summed E-state index contributed by atoms with van der Waals surface area (Å²) in [6, 6.07) is 13.3. The van der Waals surface area contributed by atoms with E-state index in [0.717, 1.165) is 27.9 Å². The summed E-state index contributed by atoms with van der Waals surface area (Å²) in [6.07, 6.45) is 2.24. The van der Waals surface area contributed by atoms with Crippen LogP contribution >= 0.6 is 22.6 Å². The number of benzene rings is 2. The molecule has 2 aromatic carbocycles. The predicted octanol–water partition coefficient (Wildman–Crippen LogP) is 4.74. The second-order valence-corrected chi connectivity index (χ2v) is 5.27. The van der Waals surface area contributed by atoms with Gasteiger partial charge in [0.2, 0.25) is 0 Å². The topological polar surface area (TPSA) is 29.5 Å². The highest BCUT2D eigenvalue weighted by Gasteiger charge is 2.02. The van der Waals surface area contributed by atoms with Crippen molar-refractivity contribution in [1.29, 1.82) is 0 Å². The SMILES string of the molecule is CCCc1ccc(Oc2ccc(O)c(I)c2)cc1. The number of phenols is 1. The summed E-state index contributed by atoms with van der Waals surface area (Å²) in [5.41, 5.74) is 1.32. The number of phenolic OH excluding ortho intramolecular Hbond substituents is 1. The van der Waals surface area contributed by atoms with Crippen molar-refractivity contribution in [3.8, 4) is 17.2 Å². The van der Waals surface area contributed by atoms with Crippen LogP contribution in [-0.2, 0) is 6.42 Å². The fourth-order valence-electron chi connectivity index (χ4n) is 1.70. The highest BCUT2D eigenvalue weighted by atomic mass is 127. The van der Waals surface area contributed by atoms with E-state index in [4.69, 9.17) is 4.74 Å². The van der Waals surface area contributed by atoms with Crippen LogP contribution in [0.3, 0.4) is 0 Å². The molecule has 0 saturated carbocycles. The Bertz CT molecular complexity index is 521. The first-order valence-corrected chi connectivity index (χ1v) is 7.02. The van der Waals surface area contributed by atoms with E-state index in [-0.39, 0.29) is 5.75 Å². The van der Waals surface area contributed by atoms with Gasteiger partial charge in [-0.1, -0.05) is 25.5 Å². The molecule has 0 atom stereocenters. The third-order valence-corrected chi connectivity index (χ3v) is 3.48. The molecule has 0 fully saturated rings. The van der Waals surface area contributed by atoms with Crippen LogP contribution in [-0.4, -0.2) is 5.11 Å². The Kier molecular flexibility index (Phi) is 4.47. The monoisotopic (exact) mass is 354 g/mol. The minimum absolute atomic E-state index is 0.279. The van der Waals surface area contributed by atoms with Gasteiger partial charge < -0.3 is 9.84 Å². The van der Waals surface area contributed by atoms with E-state index in [2.05, 4.69) is 41.6 Å². The van der Waals surface area contributed by atoms with Crippen LogP contribution in [0, 0.1) is 3.57 Å². The first-order valence-electron chi connectivity index (χ1n) is 5.94. The lowest BCUT2D eigenvalue weighted by Gasteiger charge is -2.07. The lowest BCUT2D eigenvalue weighted by atomic mass is 10.1. The Labute approximate surface area is 121 Å². The number of aryl methyl sites for hydroxylation is 1. The van der Waals surface area contributed by atoms with E-state index >= 15 is 0 Å². The fourth-order valence-corrected chi connectivity index (χ4v) is 2.19. The zero-order valence-corrected chi connectivity index (χ0v) is 12.3. The van der Waals surface area contributed by atoms with Crippen molar-refractivity contribution in [2.45, 2.75) is 19.8 Å². The highest BCUT2D eigenvalue weighted by molar-refractivity contribution is 14.1. The molecular weight excluding hydrogens is 339 g/mol. The summed E-state index contributed by atoms with van der Waals surface area (Å²) in [6.45, 7) is 2.17. The molecule has 0 amide bonds. The molecular formula is C15H15IO2. The van der Waals surface area contributed by atoms with Crippen molar-refractivity contribution in [1.82, 2.24) is 0 Å². The Morgan fingerprint density at radius 2 is 1.72 bits per heavy atom. The van der Waals surface area contributed by atoms with Gasteiger partial charge in [-0.05, 0) is 64.9 Å². The molecule has 0 radical (unpaired) electrons. The predicted molar refractivity (Wildman–Crippen MR) is 81.3 cm³/mol. The van der Waals surface area contributed by atoms with E-state index in [1.54, 1.807) is 12.1 Å². The zero-order chi connectivity index (χ0) is 13.0. The van der Waals surface area contributed by atoms with Crippen LogP contribution in [0.4, 0.5) is 0 Å². The Morgan fingerprint density at radius 1 is 1.06 bits per heavy atom. The van der Waals surface area contributed by atoms with Crippen LogP contribution in [0.1, 0.15) is 18.9 Å². The van der Waals surface area contributed by atoms with Crippen molar-refractivity contribution in [2.75, 3.05) is 0 Å². The third kappa shape index (κ3) is 3.38. The normalized spacial score (nSPS) is 10.3. The van der Waals surface area contributed by atoms with Gasteiger partial charge in [0, 0.05) is 0 Å². The van der Waals surface area contributed by atoms with Gasteiger partial charge in [-0.15, -0.1) is 0 Å². The molecule has 0 heterocycles. The fraction of sp³-hybridized carbons (Fsp3) is 0.200. The molecule has 18 heavy (non-hydrogen) atoms. The number of rotatable bonds is 4. The lowest BCUT2D eigenvalue weighted by molar-refractivity contribution is 0.460. The van der Waals surface area contributed by atoms with Crippen LogP contribution in [0.5, 0.6) is 17.2 Å². The molecule has 3 heteroatoms. The Morgan fingerprint density at radius 3 is 2.33 bits per heavy atom. The second-order valence-electron chi connectivity index (χ2n) is 4.11. The van der Waals surface area contributed by atoms with E-state index in [1.807, 2.05) is 18.2 Å². The van der Waals surface area contributed by atoms with Gasteiger partial charge in [-0.3, -0.25) is 0 Å². The highest BCUT2D eigenvalue weighted by Crippen LogP contribution is 2.28. The maximum absolute atomic E-state index is 9.44. The molecule has 0 aliphatic carbocycles. The minimum atomic E-state index is 0.279. The molecule has 0 spiro atoms. The average molecular weight is 354 g/mol. The summed E-state index contributed by atoms with van der Waals surface area (Å²) in [5, 5.41) is 9.44. The van der Waals surface area contributed by atoms with Gasteiger partial charge in [0.1, 0.15) is 17.2 Å². The van der Waals surface area contributed by atoms with Crippen molar-refractivity contribution < 1.29 is 9.84 Å². The van der Waals surface area contributed by atoms with E-state index in [1.165, 1.54) is 5.56 Å². The van der Waals surface area contributed by atoms with Crippen molar-refractivity contribution in [3.63, 3.8) is 0 Å². The second kappa shape index (κ2) is 6.09. The standard InChI is InChI=1S/C15H15IO2/c1-2-3-11-4-6-12(7-5-11)18-13-8-9-15(17)14(16)10-13/h4-10,17H,2-3H2,1H3. The number of ether oxygens (including phenoxy) is 1. The van der Waals surface area contributed by atoms with Gasteiger partial charge >= 0.3 is 0 Å². The molecule has 2 rings (SSSR count). The van der Waals surface area contributed by atoms with Gasteiger partial charge in [0.15, 0.2) is 0 Å². The Balaban J connectivity index is 2.10. The zero-order valence-electron chi connectivity index (χ0n) is 10.2. The molecule has 0 aliphatic heterocycles. The van der Waals surface area contributed by atoms with Gasteiger partial charge in [-0.2, -0.15) is 0 Å². The summed E-state index contributed by atoms with van der Waals surface area (Å²) in [4.78, 5) is 0. The third-order valence-electron chi connectivity index (χ3n) is 2.62. The smallest absolute Gasteiger partial charge is 0.129 e. The summed E-state index contributed by atoms with van der Waals surface area (Å²) >= 11 is 2.08. The lowest BCUT2D eigenvalue weighted by Crippen LogP contribution is -1.87. The molecule has 2 nitrogen and oxygen atoms in total. The maximum atomic E-state index is 9.44. The number of hydrogen-bond acceptors (Lipinski definition) is 2. The van der Waals surface area contributed by atoms with Gasteiger partial charge in [-0.25, -0.2) is 0 Å². The first-order chi connectivity index (χ1) is 8.69. The summed E-state index contributed by atoms with van der Waals surface area (Å²) in [7, 11) is 0. The average Bonchev–Trinajstić information content (AvgIpc) is 2.37. The molecule has 0 bridgehead atoms. The maximum Gasteiger partial charge on any atom is 0.129 e. The minimum Gasteiger partial charge on any atom is -0.507 e. The largest absolute Gasteiger partial charge is 0.507 e. The molecule has 1 N–H and O–H groups in total. The van der Waals surface area contributed by atoms with E-state index in [9.17, 15) is 5.11 Å². The van der Waals surface area contributed by atoms with Crippen molar-refractivity contribution >= 4 is 22.6 Å². The number of hydrogen-bond donors (Lipinski definition) is 1. The first kappa shape index (κ1) is 13.2. The molecule has 2 aromatic rings. The molecule has 0 aromatic heterocycles. The molecule has 0 unspecified atom stereocenters. The van der Waals surface area contributed by atoms with Crippen LogP contribution < -0.4 is 4.74 Å². The van der Waals surface area contributed by atoms with Crippen LogP contribution in [0.2, 0.25) is 0 Å².